The number of rotatable bonds is 2. The highest BCUT2D eigenvalue weighted by Crippen LogP contribution is 2.07. The predicted molar refractivity (Wildman–Crippen MR) is 48.8 cm³/mol. The molecule has 0 saturated carbocycles. The van der Waals surface area contributed by atoms with Crippen LogP contribution in [0.5, 0.6) is 0 Å². The average molecular weight is 156 g/mol. The van der Waals surface area contributed by atoms with E-state index in [-0.39, 0.29) is 0 Å². The highest BCUT2D eigenvalue weighted by atomic mass is 15.3. The molecule has 1 aliphatic heterocycles. The zero-order chi connectivity index (χ0) is 8.27. The minimum atomic E-state index is 0.758. The molecule has 2 nitrogen and oxygen atoms in total. The van der Waals surface area contributed by atoms with E-state index in [1.54, 1.807) is 0 Å². The van der Waals surface area contributed by atoms with Gasteiger partial charge in [0.2, 0.25) is 0 Å². The Balaban J connectivity index is 2.34. The van der Waals surface area contributed by atoms with Gasteiger partial charge in [0, 0.05) is 25.7 Å². The third kappa shape index (κ3) is 2.17. The molecule has 0 spiro atoms. The second-order valence-electron chi connectivity index (χ2n) is 3.37. The van der Waals surface area contributed by atoms with E-state index in [1.165, 1.54) is 32.7 Å². The Kier molecular flexibility index (Phi) is 3.34. The first-order valence-electron chi connectivity index (χ1n) is 4.74. The first kappa shape index (κ1) is 9.01. The molecule has 0 N–H and O–H groups in total. The number of likely N-dealkylation sites (N-methyl/N-ethyl adjacent to an activating group) is 2. The van der Waals surface area contributed by atoms with Gasteiger partial charge < -0.3 is 4.90 Å². The van der Waals surface area contributed by atoms with E-state index in [0.29, 0.717) is 0 Å². The maximum absolute atomic E-state index is 2.55. The number of piperazine rings is 1. The van der Waals surface area contributed by atoms with Gasteiger partial charge in [-0.25, -0.2) is 0 Å². The van der Waals surface area contributed by atoms with Gasteiger partial charge in [-0.05, 0) is 20.0 Å². The van der Waals surface area contributed by atoms with Crippen molar-refractivity contribution in [1.82, 2.24) is 9.80 Å². The van der Waals surface area contributed by atoms with Crippen molar-refractivity contribution in [2.45, 2.75) is 26.8 Å². The molecule has 0 aromatic rings. The summed E-state index contributed by atoms with van der Waals surface area (Å²) in [6.45, 7) is 13.0. The van der Waals surface area contributed by atoms with Crippen LogP contribution in [0.25, 0.3) is 0 Å². The molecule has 1 rings (SSSR count). The monoisotopic (exact) mass is 156 g/mol. The van der Waals surface area contributed by atoms with Crippen molar-refractivity contribution in [1.29, 1.82) is 0 Å². The van der Waals surface area contributed by atoms with E-state index in [0.717, 1.165) is 6.04 Å². The molecule has 0 amide bonds. The van der Waals surface area contributed by atoms with E-state index in [1.807, 2.05) is 0 Å². The second-order valence-corrected chi connectivity index (χ2v) is 3.37. The van der Waals surface area contributed by atoms with Crippen LogP contribution in [0.1, 0.15) is 20.8 Å². The highest BCUT2D eigenvalue weighted by molar-refractivity contribution is 4.77. The molecular weight excluding hydrogens is 136 g/mol. The zero-order valence-corrected chi connectivity index (χ0v) is 8.01. The molecule has 66 valence electrons. The summed E-state index contributed by atoms with van der Waals surface area (Å²) >= 11 is 0. The van der Waals surface area contributed by atoms with Crippen LogP contribution in [-0.4, -0.2) is 48.6 Å². The minimum absolute atomic E-state index is 0.758. The van der Waals surface area contributed by atoms with Crippen LogP contribution in [0.15, 0.2) is 0 Å². The summed E-state index contributed by atoms with van der Waals surface area (Å²) in [4.78, 5) is 5.07. The lowest BCUT2D eigenvalue weighted by atomic mass is 10.2. The molecule has 2 heteroatoms. The van der Waals surface area contributed by atoms with Crippen molar-refractivity contribution in [3.05, 3.63) is 0 Å². The first-order chi connectivity index (χ1) is 5.27. The average Bonchev–Trinajstić information content (AvgIpc) is 2.04. The molecule has 1 heterocycles. The summed E-state index contributed by atoms with van der Waals surface area (Å²) < 4.78 is 0. The summed E-state index contributed by atoms with van der Waals surface area (Å²) in [5.41, 5.74) is 0. The van der Waals surface area contributed by atoms with Gasteiger partial charge in [0.1, 0.15) is 0 Å². The maximum Gasteiger partial charge on any atom is 0.0195 e. The SMILES string of the molecule is CCN1CCN(CC)[C@H](C)C1. The largest absolute Gasteiger partial charge is 0.301 e. The fourth-order valence-electron chi connectivity index (χ4n) is 1.83. The van der Waals surface area contributed by atoms with Crippen molar-refractivity contribution in [2.75, 3.05) is 32.7 Å². The van der Waals surface area contributed by atoms with E-state index in [4.69, 9.17) is 0 Å². The lowest BCUT2D eigenvalue weighted by Crippen LogP contribution is -2.51. The summed E-state index contributed by atoms with van der Waals surface area (Å²) in [7, 11) is 0. The van der Waals surface area contributed by atoms with Crippen LogP contribution in [0.2, 0.25) is 0 Å². The molecule has 0 aliphatic carbocycles. The molecule has 11 heavy (non-hydrogen) atoms. The topological polar surface area (TPSA) is 6.48 Å². The van der Waals surface area contributed by atoms with Crippen molar-refractivity contribution in [2.24, 2.45) is 0 Å². The number of hydrogen-bond acceptors (Lipinski definition) is 2. The van der Waals surface area contributed by atoms with Gasteiger partial charge in [-0.15, -0.1) is 0 Å². The molecule has 0 bridgehead atoms. The summed E-state index contributed by atoms with van der Waals surface area (Å²) in [6.07, 6.45) is 0. The lowest BCUT2D eigenvalue weighted by Gasteiger charge is -2.38. The lowest BCUT2D eigenvalue weighted by molar-refractivity contribution is 0.0919. The Hall–Kier alpha value is -0.0800. The van der Waals surface area contributed by atoms with Gasteiger partial charge in [-0.3, -0.25) is 4.90 Å². The quantitative estimate of drug-likeness (QED) is 0.589. The summed E-state index contributed by atoms with van der Waals surface area (Å²) in [5.74, 6) is 0. The standard InChI is InChI=1S/C9H20N2/c1-4-10-6-7-11(5-2)9(3)8-10/h9H,4-8H2,1-3H3/t9-/m1/s1. The van der Waals surface area contributed by atoms with Gasteiger partial charge in [0.05, 0.1) is 0 Å². The predicted octanol–water partition coefficient (Wildman–Crippen LogP) is 1.03. The Morgan fingerprint density at radius 1 is 1.18 bits per heavy atom. The van der Waals surface area contributed by atoms with Crippen LogP contribution < -0.4 is 0 Å². The van der Waals surface area contributed by atoms with E-state index < -0.39 is 0 Å². The normalized spacial score (nSPS) is 29.2. The molecule has 1 saturated heterocycles. The van der Waals surface area contributed by atoms with Crippen LogP contribution in [-0.2, 0) is 0 Å². The van der Waals surface area contributed by atoms with Gasteiger partial charge >= 0.3 is 0 Å². The van der Waals surface area contributed by atoms with Crippen molar-refractivity contribution >= 4 is 0 Å². The fraction of sp³-hybridized carbons (Fsp3) is 1.00. The molecule has 0 aromatic carbocycles. The summed E-state index contributed by atoms with van der Waals surface area (Å²) in [5, 5.41) is 0. The molecule has 1 aliphatic rings. The third-order valence-corrected chi connectivity index (χ3v) is 2.70. The molecule has 0 aromatic heterocycles. The van der Waals surface area contributed by atoms with Gasteiger partial charge in [-0.2, -0.15) is 0 Å². The van der Waals surface area contributed by atoms with Gasteiger partial charge in [0.15, 0.2) is 0 Å². The minimum Gasteiger partial charge on any atom is -0.301 e. The van der Waals surface area contributed by atoms with Crippen LogP contribution in [0, 0.1) is 0 Å². The van der Waals surface area contributed by atoms with Crippen molar-refractivity contribution in [3.8, 4) is 0 Å². The van der Waals surface area contributed by atoms with Crippen molar-refractivity contribution < 1.29 is 0 Å². The van der Waals surface area contributed by atoms with Crippen LogP contribution in [0.4, 0.5) is 0 Å². The number of nitrogens with zero attached hydrogens (tertiary/aromatic N) is 2. The Morgan fingerprint density at radius 3 is 2.36 bits per heavy atom. The smallest absolute Gasteiger partial charge is 0.0195 e. The van der Waals surface area contributed by atoms with Crippen LogP contribution >= 0.6 is 0 Å². The second kappa shape index (κ2) is 4.07. The van der Waals surface area contributed by atoms with Crippen molar-refractivity contribution in [3.63, 3.8) is 0 Å². The number of hydrogen-bond donors (Lipinski definition) is 0. The molecular formula is C9H20N2. The Labute approximate surface area is 70.2 Å². The fourth-order valence-corrected chi connectivity index (χ4v) is 1.83. The van der Waals surface area contributed by atoms with E-state index >= 15 is 0 Å². The van der Waals surface area contributed by atoms with Gasteiger partial charge in [-0.1, -0.05) is 13.8 Å². The van der Waals surface area contributed by atoms with E-state index in [2.05, 4.69) is 30.6 Å². The summed E-state index contributed by atoms with van der Waals surface area (Å²) in [6, 6.07) is 0.758. The molecule has 0 unspecified atom stereocenters. The Morgan fingerprint density at radius 2 is 1.91 bits per heavy atom. The molecule has 1 fully saturated rings. The maximum atomic E-state index is 2.55. The Bertz CT molecular complexity index is 114. The molecule has 1 atom stereocenters. The highest BCUT2D eigenvalue weighted by Gasteiger charge is 2.20. The van der Waals surface area contributed by atoms with Gasteiger partial charge in [0.25, 0.3) is 0 Å². The van der Waals surface area contributed by atoms with Crippen LogP contribution in [0.3, 0.4) is 0 Å². The molecule has 0 radical (unpaired) electrons. The third-order valence-electron chi connectivity index (χ3n) is 2.70. The first-order valence-corrected chi connectivity index (χ1v) is 4.74. The zero-order valence-electron chi connectivity index (χ0n) is 8.01. The van der Waals surface area contributed by atoms with E-state index in [9.17, 15) is 0 Å².